The zero-order chi connectivity index (χ0) is 20.6. The van der Waals surface area contributed by atoms with E-state index in [9.17, 15) is 4.79 Å². The standard InChI is InChI=1S/C27H23O2S/c1-2-27(18-8-3-9-19-27)29-26(28)20-14-16-21(17-15-20)30-24-12-6-4-10-22(24)23-11-5-7-13-25(23)30/h1,4-7,10-17H,3,8-9,18-19H2/q+1. The van der Waals surface area contributed by atoms with E-state index >= 15 is 0 Å². The minimum absolute atomic E-state index is 0.163. The Labute approximate surface area is 179 Å². The fourth-order valence-electron chi connectivity index (χ4n) is 4.47. The van der Waals surface area contributed by atoms with Crippen LogP contribution in [0, 0.1) is 12.3 Å². The van der Waals surface area contributed by atoms with Gasteiger partial charge in [0.25, 0.3) is 0 Å². The highest BCUT2D eigenvalue weighted by Gasteiger charge is 2.34. The number of ether oxygens (including phenoxy) is 1. The van der Waals surface area contributed by atoms with Gasteiger partial charge in [0, 0.05) is 21.2 Å². The third-order valence-corrected chi connectivity index (χ3v) is 8.38. The second-order valence-corrected chi connectivity index (χ2v) is 9.88. The first-order valence-corrected chi connectivity index (χ1v) is 11.7. The molecule has 1 aliphatic rings. The Morgan fingerprint density at radius 1 is 0.833 bits per heavy atom. The summed E-state index contributed by atoms with van der Waals surface area (Å²) in [7, 11) is -0.163. The summed E-state index contributed by atoms with van der Waals surface area (Å²) in [5.74, 6) is 2.43. The molecule has 0 N–H and O–H groups in total. The summed E-state index contributed by atoms with van der Waals surface area (Å²) in [5.41, 5.74) is -0.178. The maximum absolute atomic E-state index is 12.8. The summed E-state index contributed by atoms with van der Waals surface area (Å²) >= 11 is 0. The number of hydrogen-bond acceptors (Lipinski definition) is 2. The zero-order valence-electron chi connectivity index (χ0n) is 16.8. The molecule has 1 aromatic heterocycles. The Balaban J connectivity index is 1.50. The van der Waals surface area contributed by atoms with Gasteiger partial charge in [-0.1, -0.05) is 36.6 Å². The zero-order valence-corrected chi connectivity index (χ0v) is 17.6. The summed E-state index contributed by atoms with van der Waals surface area (Å²) in [4.78, 5) is 14.0. The van der Waals surface area contributed by atoms with Crippen LogP contribution in [0.4, 0.5) is 0 Å². The van der Waals surface area contributed by atoms with Crippen molar-refractivity contribution in [2.75, 3.05) is 0 Å². The van der Waals surface area contributed by atoms with Gasteiger partial charge in [-0.3, -0.25) is 0 Å². The Morgan fingerprint density at radius 3 is 1.97 bits per heavy atom. The summed E-state index contributed by atoms with van der Waals surface area (Å²) < 4.78 is 8.49. The van der Waals surface area contributed by atoms with Crippen LogP contribution in [0.15, 0.2) is 72.8 Å². The third kappa shape index (κ3) is 3.18. The normalized spacial score (nSPS) is 15.7. The summed E-state index contributed by atoms with van der Waals surface area (Å²) in [6, 6.07) is 25.0. The molecule has 0 atom stereocenters. The van der Waals surface area contributed by atoms with Crippen LogP contribution in [0.25, 0.3) is 25.1 Å². The lowest BCUT2D eigenvalue weighted by molar-refractivity contribution is -0.00662. The Morgan fingerprint density at radius 2 is 1.40 bits per heavy atom. The van der Waals surface area contributed by atoms with E-state index in [2.05, 4.69) is 66.6 Å². The average Bonchev–Trinajstić information content (AvgIpc) is 3.14. The van der Waals surface area contributed by atoms with Crippen molar-refractivity contribution in [2.24, 2.45) is 0 Å². The Hall–Kier alpha value is -3.09. The lowest BCUT2D eigenvalue weighted by Crippen LogP contribution is -2.35. The molecule has 2 nitrogen and oxygen atoms in total. The lowest BCUT2D eigenvalue weighted by atomic mass is 9.85. The van der Waals surface area contributed by atoms with E-state index in [1.807, 2.05) is 12.1 Å². The van der Waals surface area contributed by atoms with Crippen LogP contribution in [-0.2, 0) is 4.74 Å². The van der Waals surface area contributed by atoms with Crippen molar-refractivity contribution in [3.05, 3.63) is 78.4 Å². The Bertz CT molecular complexity index is 1210. The second-order valence-electron chi connectivity index (χ2n) is 7.91. The van der Waals surface area contributed by atoms with Gasteiger partial charge in [-0.05, 0) is 74.2 Å². The first-order chi connectivity index (χ1) is 14.7. The third-order valence-electron chi connectivity index (χ3n) is 6.04. The minimum atomic E-state index is -0.737. The van der Waals surface area contributed by atoms with Crippen LogP contribution in [0.1, 0.15) is 42.5 Å². The van der Waals surface area contributed by atoms with Crippen molar-refractivity contribution >= 4 is 36.6 Å². The van der Waals surface area contributed by atoms with Gasteiger partial charge in [0.2, 0.25) is 0 Å². The van der Waals surface area contributed by atoms with Gasteiger partial charge in [-0.2, -0.15) is 0 Å². The molecule has 148 valence electrons. The molecule has 0 saturated heterocycles. The van der Waals surface area contributed by atoms with Crippen molar-refractivity contribution in [2.45, 2.75) is 37.7 Å². The molecule has 1 saturated carbocycles. The molecule has 0 aliphatic heterocycles. The molecular formula is C27H23O2S+. The fraction of sp³-hybridized carbons (Fsp3) is 0.222. The van der Waals surface area contributed by atoms with E-state index in [0.717, 1.165) is 32.1 Å². The topological polar surface area (TPSA) is 26.3 Å². The molecule has 1 fully saturated rings. The molecule has 5 rings (SSSR count). The smallest absolute Gasteiger partial charge is 0.339 e. The molecule has 30 heavy (non-hydrogen) atoms. The van der Waals surface area contributed by atoms with Gasteiger partial charge in [0.15, 0.2) is 19.9 Å². The van der Waals surface area contributed by atoms with Gasteiger partial charge >= 0.3 is 5.97 Å². The highest BCUT2D eigenvalue weighted by molar-refractivity contribution is 7.50. The summed E-state index contributed by atoms with van der Waals surface area (Å²) in [5, 5.41) is 2.60. The van der Waals surface area contributed by atoms with Crippen molar-refractivity contribution in [1.82, 2.24) is 0 Å². The predicted octanol–water partition coefficient (Wildman–Crippen LogP) is 7.22. The number of hydrogen-bond donors (Lipinski definition) is 0. The Kier molecular flexibility index (Phi) is 4.81. The largest absolute Gasteiger partial charge is 0.442 e. The van der Waals surface area contributed by atoms with Crippen molar-refractivity contribution in [1.29, 1.82) is 0 Å². The van der Waals surface area contributed by atoms with Crippen molar-refractivity contribution < 1.29 is 9.53 Å². The monoisotopic (exact) mass is 411 g/mol. The number of benzene rings is 3. The molecule has 0 amide bonds. The maximum Gasteiger partial charge on any atom is 0.339 e. The molecule has 0 unspecified atom stereocenters. The molecular weight excluding hydrogens is 388 g/mol. The second kappa shape index (κ2) is 7.63. The fourth-order valence-corrected chi connectivity index (χ4v) is 6.85. The molecule has 1 aliphatic carbocycles. The van der Waals surface area contributed by atoms with E-state index in [0.29, 0.717) is 5.56 Å². The van der Waals surface area contributed by atoms with Gasteiger partial charge in [-0.25, -0.2) is 4.79 Å². The number of carbonyl (C=O) groups is 1. The van der Waals surface area contributed by atoms with Gasteiger partial charge in [0.1, 0.15) is 0 Å². The van der Waals surface area contributed by atoms with Crippen molar-refractivity contribution in [3.63, 3.8) is 0 Å². The highest BCUT2D eigenvalue weighted by atomic mass is 32.2. The first kappa shape index (κ1) is 18.9. The van der Waals surface area contributed by atoms with E-state index < -0.39 is 5.60 Å². The number of carbonyl (C=O) groups excluding carboxylic acids is 1. The SMILES string of the molecule is C#CC1(OC(=O)c2ccc(-[s+]3c4ccccc4c4ccccc43)cc2)CCCCC1. The summed E-state index contributed by atoms with van der Waals surface area (Å²) in [6.07, 6.45) is 10.4. The number of fused-ring (bicyclic) bond motifs is 3. The first-order valence-electron chi connectivity index (χ1n) is 10.4. The van der Waals surface area contributed by atoms with Crippen LogP contribution in [0.2, 0.25) is 0 Å². The van der Waals surface area contributed by atoms with Crippen LogP contribution < -0.4 is 0 Å². The summed E-state index contributed by atoms with van der Waals surface area (Å²) in [6.45, 7) is 0. The van der Waals surface area contributed by atoms with E-state index in [4.69, 9.17) is 11.2 Å². The molecule has 1 heterocycles. The molecule has 0 spiro atoms. The molecule has 3 aromatic carbocycles. The average molecular weight is 412 g/mol. The van der Waals surface area contributed by atoms with Gasteiger partial charge < -0.3 is 4.74 Å². The van der Waals surface area contributed by atoms with Gasteiger partial charge in [0.05, 0.1) is 5.56 Å². The van der Waals surface area contributed by atoms with Gasteiger partial charge in [-0.15, -0.1) is 6.42 Å². The molecule has 0 radical (unpaired) electrons. The highest BCUT2D eigenvalue weighted by Crippen LogP contribution is 2.48. The number of rotatable bonds is 3. The van der Waals surface area contributed by atoms with Crippen LogP contribution in [-0.4, -0.2) is 11.6 Å². The maximum atomic E-state index is 12.8. The van der Waals surface area contributed by atoms with E-state index in [1.165, 1.54) is 25.1 Å². The van der Waals surface area contributed by atoms with Crippen LogP contribution in [0.5, 0.6) is 0 Å². The van der Waals surface area contributed by atoms with Crippen molar-refractivity contribution in [3.8, 4) is 17.2 Å². The quantitative estimate of drug-likeness (QED) is 0.202. The minimum Gasteiger partial charge on any atom is -0.442 e. The predicted molar refractivity (Wildman–Crippen MR) is 125 cm³/mol. The number of thiophene rings is 1. The van der Waals surface area contributed by atoms with E-state index in [-0.39, 0.29) is 16.4 Å². The molecule has 4 aromatic rings. The van der Waals surface area contributed by atoms with Crippen LogP contribution in [0.3, 0.4) is 0 Å². The number of terminal acetylenes is 1. The number of esters is 1. The van der Waals surface area contributed by atoms with Crippen LogP contribution >= 0.6 is 10.5 Å². The molecule has 0 bridgehead atoms. The lowest BCUT2D eigenvalue weighted by Gasteiger charge is -2.31. The molecule has 3 heteroatoms. The van der Waals surface area contributed by atoms with E-state index in [1.54, 1.807) is 0 Å².